The largest absolute Gasteiger partial charge is 0.493 e. The van der Waals surface area contributed by atoms with Crippen molar-refractivity contribution in [2.45, 2.75) is 25.3 Å². The second-order valence-corrected chi connectivity index (χ2v) is 4.48. The quantitative estimate of drug-likeness (QED) is 0.888. The Morgan fingerprint density at radius 2 is 2.22 bits per heavy atom. The summed E-state index contributed by atoms with van der Waals surface area (Å²) < 4.78 is 16.4. The fraction of sp³-hybridized carbons (Fsp3) is 0.571. The van der Waals surface area contributed by atoms with Gasteiger partial charge in [0.15, 0.2) is 11.5 Å². The summed E-state index contributed by atoms with van der Waals surface area (Å²) in [6, 6.07) is 6.15. The van der Waals surface area contributed by atoms with Crippen LogP contribution in [-0.4, -0.2) is 33.0 Å². The molecule has 100 valence electrons. The predicted molar refractivity (Wildman–Crippen MR) is 70.3 cm³/mol. The van der Waals surface area contributed by atoms with Crippen LogP contribution in [0.4, 0.5) is 0 Å². The van der Waals surface area contributed by atoms with Crippen LogP contribution in [-0.2, 0) is 4.74 Å². The summed E-state index contributed by atoms with van der Waals surface area (Å²) in [5.41, 5.74) is 7.30. The van der Waals surface area contributed by atoms with Gasteiger partial charge in [-0.1, -0.05) is 6.07 Å². The third-order valence-electron chi connectivity index (χ3n) is 3.33. The Labute approximate surface area is 108 Å². The van der Waals surface area contributed by atoms with Gasteiger partial charge < -0.3 is 19.9 Å². The fourth-order valence-electron chi connectivity index (χ4n) is 2.29. The maximum Gasteiger partial charge on any atom is 0.161 e. The van der Waals surface area contributed by atoms with E-state index >= 15 is 0 Å². The Balaban J connectivity index is 2.23. The van der Waals surface area contributed by atoms with Crippen molar-refractivity contribution in [1.82, 2.24) is 0 Å². The molecule has 0 amide bonds. The zero-order chi connectivity index (χ0) is 13.0. The minimum absolute atomic E-state index is 0.154. The Kier molecular flexibility index (Phi) is 4.44. The van der Waals surface area contributed by atoms with E-state index in [9.17, 15) is 0 Å². The first-order chi connectivity index (χ1) is 8.76. The molecule has 2 atom stereocenters. The molecule has 1 aliphatic rings. The van der Waals surface area contributed by atoms with Gasteiger partial charge in [-0.05, 0) is 31.0 Å². The topological polar surface area (TPSA) is 53.7 Å². The molecule has 1 aromatic rings. The van der Waals surface area contributed by atoms with Crippen LogP contribution in [0.15, 0.2) is 18.2 Å². The zero-order valence-electron chi connectivity index (χ0n) is 11.0. The Morgan fingerprint density at radius 3 is 2.89 bits per heavy atom. The first-order valence-corrected chi connectivity index (χ1v) is 6.40. The van der Waals surface area contributed by atoms with Crippen LogP contribution in [0.3, 0.4) is 0 Å². The molecule has 2 unspecified atom stereocenters. The molecule has 1 saturated heterocycles. The van der Waals surface area contributed by atoms with Gasteiger partial charge in [0.05, 0.1) is 20.3 Å². The molecule has 0 aromatic heterocycles. The number of hydrogen-bond donors (Lipinski definition) is 1. The second-order valence-electron chi connectivity index (χ2n) is 4.48. The lowest BCUT2D eigenvalue weighted by Crippen LogP contribution is -2.36. The van der Waals surface area contributed by atoms with Gasteiger partial charge in [-0.25, -0.2) is 0 Å². The highest BCUT2D eigenvalue weighted by Gasteiger charge is 2.24. The van der Waals surface area contributed by atoms with Crippen molar-refractivity contribution < 1.29 is 14.2 Å². The summed E-state index contributed by atoms with van der Waals surface area (Å²) in [6.07, 6.45) is 0.903. The smallest absolute Gasteiger partial charge is 0.161 e. The van der Waals surface area contributed by atoms with Gasteiger partial charge in [0.2, 0.25) is 0 Å². The lowest BCUT2D eigenvalue weighted by atomic mass is 9.89. The lowest BCUT2D eigenvalue weighted by molar-refractivity contribution is 0.0690. The standard InChI is InChI=1S/C14H21NO3/c1-3-18-13-5-4-10(8-14(13)16-2)11-9-17-7-6-12(11)15/h4-5,8,11-12H,3,6-7,9,15H2,1-2H3. The van der Waals surface area contributed by atoms with Crippen LogP contribution in [0.5, 0.6) is 11.5 Å². The monoisotopic (exact) mass is 251 g/mol. The molecule has 1 heterocycles. The molecule has 0 bridgehead atoms. The third-order valence-corrected chi connectivity index (χ3v) is 3.33. The number of rotatable bonds is 4. The third kappa shape index (κ3) is 2.76. The van der Waals surface area contributed by atoms with Crippen molar-refractivity contribution >= 4 is 0 Å². The van der Waals surface area contributed by atoms with Crippen LogP contribution in [0.1, 0.15) is 24.8 Å². The average Bonchev–Trinajstić information content (AvgIpc) is 2.40. The van der Waals surface area contributed by atoms with Gasteiger partial charge in [-0.2, -0.15) is 0 Å². The van der Waals surface area contributed by atoms with Gasteiger partial charge in [0.25, 0.3) is 0 Å². The molecule has 2 N–H and O–H groups in total. The van der Waals surface area contributed by atoms with E-state index in [1.165, 1.54) is 0 Å². The molecular formula is C14H21NO3. The molecule has 0 spiro atoms. The van der Waals surface area contributed by atoms with Crippen molar-refractivity contribution in [1.29, 1.82) is 0 Å². The predicted octanol–water partition coefficient (Wildman–Crippen LogP) is 1.93. The van der Waals surface area contributed by atoms with Crippen LogP contribution in [0.25, 0.3) is 0 Å². The van der Waals surface area contributed by atoms with Crippen LogP contribution in [0, 0.1) is 0 Å². The van der Waals surface area contributed by atoms with Crippen molar-refractivity contribution in [3.63, 3.8) is 0 Å². The van der Waals surface area contributed by atoms with E-state index < -0.39 is 0 Å². The fourth-order valence-corrected chi connectivity index (χ4v) is 2.29. The van der Waals surface area contributed by atoms with Crippen molar-refractivity contribution in [2.24, 2.45) is 5.73 Å². The van der Waals surface area contributed by atoms with Crippen LogP contribution >= 0.6 is 0 Å². The van der Waals surface area contributed by atoms with E-state index in [0.717, 1.165) is 30.1 Å². The van der Waals surface area contributed by atoms with Gasteiger partial charge in [0, 0.05) is 18.6 Å². The summed E-state index contributed by atoms with van der Waals surface area (Å²) in [5, 5.41) is 0. The molecule has 0 saturated carbocycles. The minimum atomic E-state index is 0.154. The van der Waals surface area contributed by atoms with Crippen LogP contribution < -0.4 is 15.2 Å². The SMILES string of the molecule is CCOc1ccc(C2COCCC2N)cc1OC. The molecule has 1 fully saturated rings. The van der Waals surface area contributed by atoms with Gasteiger partial charge in [0.1, 0.15) is 0 Å². The molecular weight excluding hydrogens is 230 g/mol. The molecule has 1 aliphatic heterocycles. The summed E-state index contributed by atoms with van der Waals surface area (Å²) in [4.78, 5) is 0. The number of benzene rings is 1. The summed E-state index contributed by atoms with van der Waals surface area (Å²) >= 11 is 0. The maximum absolute atomic E-state index is 6.15. The van der Waals surface area contributed by atoms with Crippen molar-refractivity contribution in [3.8, 4) is 11.5 Å². The number of ether oxygens (including phenoxy) is 3. The van der Waals surface area contributed by atoms with E-state index in [1.54, 1.807) is 7.11 Å². The van der Waals surface area contributed by atoms with Crippen LogP contribution in [0.2, 0.25) is 0 Å². The molecule has 4 nitrogen and oxygen atoms in total. The normalized spacial score (nSPS) is 23.7. The van der Waals surface area contributed by atoms with E-state index in [1.807, 2.05) is 25.1 Å². The minimum Gasteiger partial charge on any atom is -0.493 e. The van der Waals surface area contributed by atoms with Gasteiger partial charge in [-0.15, -0.1) is 0 Å². The van der Waals surface area contributed by atoms with E-state index in [0.29, 0.717) is 13.2 Å². The van der Waals surface area contributed by atoms with Crippen molar-refractivity contribution in [3.05, 3.63) is 23.8 Å². The first-order valence-electron chi connectivity index (χ1n) is 6.40. The maximum atomic E-state index is 6.15. The number of hydrogen-bond acceptors (Lipinski definition) is 4. The number of nitrogens with two attached hydrogens (primary N) is 1. The lowest BCUT2D eigenvalue weighted by Gasteiger charge is -2.29. The average molecular weight is 251 g/mol. The zero-order valence-corrected chi connectivity index (χ0v) is 11.0. The van der Waals surface area contributed by atoms with E-state index in [2.05, 4.69) is 0 Å². The van der Waals surface area contributed by atoms with Crippen molar-refractivity contribution in [2.75, 3.05) is 26.9 Å². The van der Waals surface area contributed by atoms with Gasteiger partial charge in [-0.3, -0.25) is 0 Å². The highest BCUT2D eigenvalue weighted by atomic mass is 16.5. The van der Waals surface area contributed by atoms with Gasteiger partial charge >= 0.3 is 0 Å². The Morgan fingerprint density at radius 1 is 1.39 bits per heavy atom. The highest BCUT2D eigenvalue weighted by Crippen LogP contribution is 2.33. The summed E-state index contributed by atoms with van der Waals surface area (Å²) in [7, 11) is 1.65. The molecule has 1 aromatic carbocycles. The molecule has 0 radical (unpaired) electrons. The molecule has 0 aliphatic carbocycles. The Bertz CT molecular complexity index is 395. The summed E-state index contributed by atoms with van der Waals surface area (Å²) in [6.45, 7) is 4.02. The second kappa shape index (κ2) is 6.07. The first kappa shape index (κ1) is 13.2. The highest BCUT2D eigenvalue weighted by molar-refractivity contribution is 5.44. The van der Waals surface area contributed by atoms with E-state index in [-0.39, 0.29) is 12.0 Å². The molecule has 18 heavy (non-hydrogen) atoms. The van der Waals surface area contributed by atoms with E-state index in [4.69, 9.17) is 19.9 Å². The Hall–Kier alpha value is -1.26. The summed E-state index contributed by atoms with van der Waals surface area (Å²) in [5.74, 6) is 1.77. The molecule has 4 heteroatoms. The number of methoxy groups -OCH3 is 1. The molecule has 2 rings (SSSR count).